The Morgan fingerprint density at radius 3 is 2.28 bits per heavy atom. The van der Waals surface area contributed by atoms with Crippen molar-refractivity contribution in [2.75, 3.05) is 32.6 Å². The Morgan fingerprint density at radius 1 is 1.05 bits per heavy atom. The molecule has 210 valence electrons. The fraction of sp³-hybridized carbons (Fsp3) is 0.531. The fourth-order valence-corrected chi connectivity index (χ4v) is 4.45. The Balaban J connectivity index is 0.00000600. The number of benzene rings is 1. The van der Waals surface area contributed by atoms with Crippen LogP contribution in [0.1, 0.15) is 92.3 Å². The number of carbonyl (C=O) groups excluding carboxylic acids is 1. The predicted molar refractivity (Wildman–Crippen MR) is 161 cm³/mol. The van der Waals surface area contributed by atoms with E-state index < -0.39 is 25.7 Å². The van der Waals surface area contributed by atoms with Gasteiger partial charge in [-0.15, -0.1) is 12.4 Å². The third-order valence-electron chi connectivity index (χ3n) is 6.73. The van der Waals surface area contributed by atoms with Crippen LogP contribution in [0.2, 0.25) is 0 Å². The van der Waals surface area contributed by atoms with E-state index in [1.165, 1.54) is 0 Å². The SMILES string of the molecule is Cl.[2H]C1([2H])N(CCCc2c(-c3ccc(C#N)cc3)nc3ccc(C(=O)N(CCC(C)C)CCC(C)C)cn23)C([2H])([2H])C([2H])([2H])C1([2H])[2H]. The van der Waals surface area contributed by atoms with Gasteiger partial charge in [0.1, 0.15) is 5.65 Å². The molecule has 4 rings (SSSR count). The Hall–Kier alpha value is -2.88. The minimum absolute atomic E-state index is 0. The van der Waals surface area contributed by atoms with Gasteiger partial charge in [-0.2, -0.15) is 5.26 Å². The van der Waals surface area contributed by atoms with Crippen LogP contribution in [0.15, 0.2) is 42.6 Å². The Bertz CT molecular complexity index is 1560. The maximum atomic E-state index is 13.8. The molecule has 1 aliphatic heterocycles. The summed E-state index contributed by atoms with van der Waals surface area (Å²) in [6.45, 7) is 3.71. The van der Waals surface area contributed by atoms with Crippen molar-refractivity contribution in [1.82, 2.24) is 19.2 Å². The average Bonchev–Trinajstić information content (AvgIpc) is 3.38. The van der Waals surface area contributed by atoms with E-state index in [4.69, 9.17) is 16.0 Å². The van der Waals surface area contributed by atoms with E-state index in [1.54, 1.807) is 42.6 Å². The molecule has 2 aromatic heterocycles. The molecule has 7 heteroatoms. The maximum Gasteiger partial charge on any atom is 0.255 e. The summed E-state index contributed by atoms with van der Waals surface area (Å²) in [4.78, 5) is 21.2. The third kappa shape index (κ3) is 8.06. The summed E-state index contributed by atoms with van der Waals surface area (Å²) in [5, 5.41) is 9.29. The molecule has 0 spiro atoms. The number of likely N-dealkylation sites (tertiary alicyclic amines) is 1. The van der Waals surface area contributed by atoms with Crippen LogP contribution in [0, 0.1) is 23.2 Å². The van der Waals surface area contributed by atoms with Crippen LogP contribution in [-0.2, 0) is 6.42 Å². The number of nitrogens with zero attached hydrogens (tertiary/aromatic N) is 5. The van der Waals surface area contributed by atoms with Gasteiger partial charge in [0.05, 0.1) is 28.6 Å². The number of imidazole rings is 1. The summed E-state index contributed by atoms with van der Waals surface area (Å²) in [5.74, 6) is 0.779. The molecule has 1 amide bonds. The smallest absolute Gasteiger partial charge is 0.255 e. The molecule has 3 aromatic rings. The molecule has 6 nitrogen and oxygen atoms in total. The maximum absolute atomic E-state index is 13.8. The Labute approximate surface area is 251 Å². The van der Waals surface area contributed by atoms with Gasteiger partial charge in [-0.05, 0) is 94.1 Å². The van der Waals surface area contributed by atoms with Crippen LogP contribution < -0.4 is 0 Å². The normalized spacial score (nSPS) is 21.9. The lowest BCUT2D eigenvalue weighted by molar-refractivity contribution is 0.0740. The number of hydrogen-bond donors (Lipinski definition) is 0. The van der Waals surface area contributed by atoms with E-state index >= 15 is 0 Å². The van der Waals surface area contributed by atoms with Crippen LogP contribution >= 0.6 is 12.4 Å². The highest BCUT2D eigenvalue weighted by atomic mass is 35.5. The average molecular weight is 558 g/mol. The van der Waals surface area contributed by atoms with Gasteiger partial charge in [0.2, 0.25) is 0 Å². The van der Waals surface area contributed by atoms with Gasteiger partial charge >= 0.3 is 0 Å². The van der Waals surface area contributed by atoms with Crippen molar-refractivity contribution in [3.05, 3.63) is 59.4 Å². The number of carbonyl (C=O) groups is 1. The first-order chi connectivity index (χ1) is 21.4. The molecular weight excluding hydrogens is 506 g/mol. The molecule has 1 aliphatic rings. The van der Waals surface area contributed by atoms with E-state index in [0.29, 0.717) is 58.0 Å². The lowest BCUT2D eigenvalue weighted by Crippen LogP contribution is -2.34. The number of hydrogen-bond acceptors (Lipinski definition) is 4. The van der Waals surface area contributed by atoms with Crippen LogP contribution in [0.3, 0.4) is 0 Å². The molecule has 0 atom stereocenters. The number of fused-ring (bicyclic) bond motifs is 1. The summed E-state index contributed by atoms with van der Waals surface area (Å²) in [6.07, 6.45) is -2.30. The molecule has 0 unspecified atom stereocenters. The van der Waals surface area contributed by atoms with Gasteiger partial charge in [0, 0.05) is 35.8 Å². The topological polar surface area (TPSA) is 64.6 Å². The second-order valence-corrected chi connectivity index (χ2v) is 10.6. The zero-order valence-corrected chi connectivity index (χ0v) is 24.0. The first-order valence-electron chi connectivity index (χ1n) is 17.5. The molecule has 1 aromatic carbocycles. The molecule has 0 aliphatic carbocycles. The number of nitriles is 1. The van der Waals surface area contributed by atoms with Gasteiger partial charge in [0.25, 0.3) is 5.91 Å². The highest BCUT2D eigenvalue weighted by molar-refractivity contribution is 5.94. The van der Waals surface area contributed by atoms with Gasteiger partial charge < -0.3 is 14.2 Å². The summed E-state index contributed by atoms with van der Waals surface area (Å²) in [6, 6.07) is 12.5. The molecular formula is C32H44ClN5O. The summed E-state index contributed by atoms with van der Waals surface area (Å²) >= 11 is 0. The van der Waals surface area contributed by atoms with Gasteiger partial charge in [-0.1, -0.05) is 39.8 Å². The summed E-state index contributed by atoms with van der Waals surface area (Å²) in [7, 11) is 0. The van der Waals surface area contributed by atoms with Crippen molar-refractivity contribution in [3.63, 3.8) is 0 Å². The number of amides is 1. The Morgan fingerprint density at radius 2 is 1.69 bits per heavy atom. The molecule has 0 saturated carbocycles. The highest BCUT2D eigenvalue weighted by Gasteiger charge is 2.20. The number of aryl methyl sites for hydroxylation is 1. The molecule has 39 heavy (non-hydrogen) atoms. The van der Waals surface area contributed by atoms with E-state index in [0.717, 1.165) is 18.4 Å². The van der Waals surface area contributed by atoms with Crippen molar-refractivity contribution >= 4 is 24.0 Å². The molecule has 1 fully saturated rings. The lowest BCUT2D eigenvalue weighted by Gasteiger charge is -2.24. The number of pyridine rings is 1. The van der Waals surface area contributed by atoms with E-state index in [2.05, 4.69) is 33.8 Å². The number of rotatable bonds is 12. The zero-order valence-electron chi connectivity index (χ0n) is 31.2. The summed E-state index contributed by atoms with van der Waals surface area (Å²) in [5.41, 5.74) is 3.52. The van der Waals surface area contributed by atoms with Crippen molar-refractivity contribution in [3.8, 4) is 17.3 Å². The van der Waals surface area contributed by atoms with Gasteiger partial charge in [-0.25, -0.2) is 4.98 Å². The third-order valence-corrected chi connectivity index (χ3v) is 6.73. The fourth-order valence-electron chi connectivity index (χ4n) is 4.45. The second-order valence-electron chi connectivity index (χ2n) is 10.6. The highest BCUT2D eigenvalue weighted by Crippen LogP contribution is 2.27. The lowest BCUT2D eigenvalue weighted by atomic mass is 10.1. The molecule has 0 N–H and O–H groups in total. The predicted octanol–water partition coefficient (Wildman–Crippen LogP) is 6.86. The molecule has 0 radical (unpaired) electrons. The summed E-state index contributed by atoms with van der Waals surface area (Å²) < 4.78 is 67.6. The van der Waals surface area contributed by atoms with Crippen LogP contribution in [-0.4, -0.2) is 57.7 Å². The number of aromatic nitrogens is 2. The van der Waals surface area contributed by atoms with Crippen molar-refractivity contribution < 1.29 is 15.8 Å². The molecule has 1 saturated heterocycles. The van der Waals surface area contributed by atoms with Crippen molar-refractivity contribution in [1.29, 1.82) is 5.26 Å². The minimum Gasteiger partial charge on any atom is -0.339 e. The quantitative estimate of drug-likeness (QED) is 0.244. The zero-order chi connectivity index (χ0) is 34.2. The monoisotopic (exact) mass is 557 g/mol. The van der Waals surface area contributed by atoms with Crippen LogP contribution in [0.4, 0.5) is 0 Å². The van der Waals surface area contributed by atoms with Crippen molar-refractivity contribution in [2.24, 2.45) is 11.8 Å². The van der Waals surface area contributed by atoms with Crippen LogP contribution in [0.5, 0.6) is 0 Å². The number of halogens is 1. The van der Waals surface area contributed by atoms with E-state index in [1.807, 2.05) is 9.30 Å². The first kappa shape index (κ1) is 20.9. The molecule has 3 heterocycles. The minimum atomic E-state index is -3.09. The second kappa shape index (κ2) is 14.5. The van der Waals surface area contributed by atoms with Gasteiger partial charge in [-0.3, -0.25) is 4.79 Å². The van der Waals surface area contributed by atoms with Crippen molar-refractivity contribution in [2.45, 2.75) is 66.1 Å². The van der Waals surface area contributed by atoms with E-state index in [9.17, 15) is 10.1 Å². The molecule has 0 bridgehead atoms. The van der Waals surface area contributed by atoms with Gasteiger partial charge in [0.15, 0.2) is 0 Å². The largest absolute Gasteiger partial charge is 0.339 e. The van der Waals surface area contributed by atoms with E-state index in [-0.39, 0.29) is 37.7 Å². The first-order valence-corrected chi connectivity index (χ1v) is 13.5. The standard InChI is InChI=1S/C32H43N5O.ClH/c1-24(2)15-20-36(21-16-25(3)4)32(38)28-13-14-30-34-31(27-11-9-26(22-33)10-12-27)29(37(30)23-28)8-7-19-35-17-5-6-18-35;/h9-14,23-25H,5-8,15-21H2,1-4H3;1H/i5D2,6D2,17D2,18D2;. The van der Waals surface area contributed by atoms with Crippen LogP contribution in [0.25, 0.3) is 16.9 Å². The Kier molecular flexibility index (Phi) is 7.78.